The monoisotopic (exact) mass is 1050 g/mol. The summed E-state index contributed by atoms with van der Waals surface area (Å²) in [6.07, 6.45) is 51.6. The molecule has 0 radical (unpaired) electrons. The van der Waals surface area contributed by atoms with Crippen LogP contribution in [0.5, 0.6) is 0 Å². The van der Waals surface area contributed by atoms with Gasteiger partial charge in [0.2, 0.25) is 0 Å². The fourth-order valence-electron chi connectivity index (χ4n) is 8.68. The smallest absolute Gasteiger partial charge is 0.335 e. The van der Waals surface area contributed by atoms with Crippen molar-refractivity contribution in [2.45, 2.75) is 289 Å². The van der Waals surface area contributed by atoms with Crippen LogP contribution in [0.25, 0.3) is 0 Å². The van der Waals surface area contributed by atoms with E-state index in [1.54, 1.807) is 0 Å². The minimum absolute atomic E-state index is 0.0470. The molecule has 0 bridgehead atoms. The van der Waals surface area contributed by atoms with Gasteiger partial charge in [0.1, 0.15) is 18.8 Å². The van der Waals surface area contributed by atoms with Crippen molar-refractivity contribution >= 4 is 23.9 Å². The third-order valence-electron chi connectivity index (χ3n) is 13.3. The van der Waals surface area contributed by atoms with Gasteiger partial charge in [0.15, 0.2) is 24.6 Å². The number of aliphatic carboxylic acids is 1. The Morgan fingerprint density at radius 2 is 0.840 bits per heavy atom. The summed E-state index contributed by atoms with van der Waals surface area (Å²) in [5, 5.41) is 31.5. The van der Waals surface area contributed by atoms with E-state index in [0.717, 1.165) is 135 Å². The van der Waals surface area contributed by atoms with Gasteiger partial charge in [0.25, 0.3) is 0 Å². The fourth-order valence-corrected chi connectivity index (χ4v) is 8.68. The van der Waals surface area contributed by atoms with Gasteiger partial charge < -0.3 is 39.0 Å². The molecule has 12 nitrogen and oxygen atoms in total. The minimum atomic E-state index is -1.91. The Balaban J connectivity index is 2.64. The molecule has 1 rings (SSSR count). The Bertz CT molecular complexity index is 1580. The number of aliphatic hydroxyl groups excluding tert-OH is 2. The Morgan fingerprint density at radius 3 is 1.31 bits per heavy atom. The van der Waals surface area contributed by atoms with Gasteiger partial charge in [0, 0.05) is 19.3 Å². The van der Waals surface area contributed by atoms with Gasteiger partial charge in [-0.25, -0.2) is 4.79 Å². The van der Waals surface area contributed by atoms with Crippen LogP contribution in [0, 0.1) is 0 Å². The van der Waals surface area contributed by atoms with E-state index >= 15 is 0 Å². The maximum absolute atomic E-state index is 13.1. The molecule has 0 saturated carbocycles. The molecule has 0 aromatic carbocycles. The van der Waals surface area contributed by atoms with E-state index in [2.05, 4.69) is 93.7 Å². The maximum Gasteiger partial charge on any atom is 0.335 e. The molecule has 0 aromatic heterocycles. The number of hydrogen-bond donors (Lipinski definition) is 3. The van der Waals surface area contributed by atoms with Crippen molar-refractivity contribution in [1.29, 1.82) is 0 Å². The van der Waals surface area contributed by atoms with Crippen LogP contribution in [0.1, 0.15) is 252 Å². The van der Waals surface area contributed by atoms with Crippen molar-refractivity contribution in [3.05, 3.63) is 72.9 Å². The molecule has 0 aliphatic carbocycles. The quantitative estimate of drug-likeness (QED) is 0.0228. The van der Waals surface area contributed by atoms with Gasteiger partial charge in [0.05, 0.1) is 6.61 Å². The third kappa shape index (κ3) is 41.0. The molecule has 1 fully saturated rings. The van der Waals surface area contributed by atoms with Gasteiger partial charge in [-0.05, 0) is 89.9 Å². The zero-order valence-electron chi connectivity index (χ0n) is 47.3. The summed E-state index contributed by atoms with van der Waals surface area (Å²) in [5.74, 6) is -3.14. The van der Waals surface area contributed by atoms with E-state index < -0.39 is 67.3 Å². The highest BCUT2D eigenvalue weighted by molar-refractivity contribution is 5.74. The number of carboxylic acid groups (broad SMARTS) is 1. The molecule has 6 unspecified atom stereocenters. The first-order valence-corrected chi connectivity index (χ1v) is 29.9. The van der Waals surface area contributed by atoms with Crippen molar-refractivity contribution < 1.29 is 58.2 Å². The predicted octanol–water partition coefficient (Wildman–Crippen LogP) is 15.3. The predicted molar refractivity (Wildman–Crippen MR) is 303 cm³/mol. The molecule has 6 atom stereocenters. The van der Waals surface area contributed by atoms with Crippen LogP contribution in [0.4, 0.5) is 0 Å². The van der Waals surface area contributed by atoms with Gasteiger partial charge in [-0.3, -0.25) is 14.4 Å². The Morgan fingerprint density at radius 1 is 0.453 bits per heavy atom. The van der Waals surface area contributed by atoms with E-state index in [4.69, 9.17) is 23.7 Å². The van der Waals surface area contributed by atoms with E-state index in [-0.39, 0.29) is 25.9 Å². The van der Waals surface area contributed by atoms with Gasteiger partial charge >= 0.3 is 23.9 Å². The highest BCUT2D eigenvalue weighted by atomic mass is 16.7. The summed E-state index contributed by atoms with van der Waals surface area (Å²) in [7, 11) is 0. The molecule has 0 aromatic rings. The summed E-state index contributed by atoms with van der Waals surface area (Å²) in [4.78, 5) is 51.0. The van der Waals surface area contributed by atoms with Gasteiger partial charge in [-0.2, -0.15) is 0 Å². The third-order valence-corrected chi connectivity index (χ3v) is 13.3. The van der Waals surface area contributed by atoms with E-state index in [1.807, 2.05) is 0 Å². The molecule has 0 spiro atoms. The van der Waals surface area contributed by atoms with Crippen molar-refractivity contribution in [3.63, 3.8) is 0 Å². The Kier molecular flexibility index (Phi) is 47.0. The molecular formula is C63H106O12. The number of hydrogen-bond acceptors (Lipinski definition) is 11. The molecular weight excluding hydrogens is 949 g/mol. The van der Waals surface area contributed by atoms with Crippen LogP contribution in [-0.2, 0) is 42.9 Å². The lowest BCUT2D eigenvalue weighted by Gasteiger charge is -2.40. The molecule has 1 saturated heterocycles. The summed E-state index contributed by atoms with van der Waals surface area (Å²) in [5.41, 5.74) is 0. The summed E-state index contributed by atoms with van der Waals surface area (Å²) >= 11 is 0. The lowest BCUT2D eigenvalue weighted by atomic mass is 9.98. The number of esters is 3. The largest absolute Gasteiger partial charge is 0.479 e. The molecule has 75 heavy (non-hydrogen) atoms. The zero-order valence-corrected chi connectivity index (χ0v) is 47.3. The number of ether oxygens (including phenoxy) is 5. The summed E-state index contributed by atoms with van der Waals surface area (Å²) < 4.78 is 28.4. The Labute approximate surface area is 455 Å². The van der Waals surface area contributed by atoms with E-state index in [0.29, 0.717) is 19.3 Å². The number of carbonyl (C=O) groups is 4. The number of carbonyl (C=O) groups excluding carboxylic acids is 3. The average Bonchev–Trinajstić information content (AvgIpc) is 3.39. The molecule has 3 N–H and O–H groups in total. The van der Waals surface area contributed by atoms with Gasteiger partial charge in [-0.1, -0.05) is 216 Å². The van der Waals surface area contributed by atoms with Crippen LogP contribution in [0.15, 0.2) is 72.9 Å². The number of allylic oxidation sites excluding steroid dienone is 12. The van der Waals surface area contributed by atoms with Crippen LogP contribution >= 0.6 is 0 Å². The highest BCUT2D eigenvalue weighted by Gasteiger charge is 2.50. The normalized spacial score (nSPS) is 18.7. The van der Waals surface area contributed by atoms with Gasteiger partial charge in [-0.15, -0.1) is 0 Å². The van der Waals surface area contributed by atoms with Crippen LogP contribution in [0.2, 0.25) is 0 Å². The topological polar surface area (TPSA) is 175 Å². The second-order valence-electron chi connectivity index (χ2n) is 20.3. The Hall–Kier alpha value is -3.84. The van der Waals surface area contributed by atoms with Crippen LogP contribution in [0.3, 0.4) is 0 Å². The van der Waals surface area contributed by atoms with Crippen molar-refractivity contribution in [1.82, 2.24) is 0 Å². The molecule has 1 aliphatic rings. The second-order valence-corrected chi connectivity index (χ2v) is 20.3. The molecule has 0 amide bonds. The number of carboxylic acids is 1. The lowest BCUT2D eigenvalue weighted by molar-refractivity contribution is -0.301. The molecule has 430 valence electrons. The first-order chi connectivity index (χ1) is 36.6. The average molecular weight is 1060 g/mol. The number of unbranched alkanes of at least 4 members (excludes halogenated alkanes) is 24. The van der Waals surface area contributed by atoms with Crippen molar-refractivity contribution in [2.24, 2.45) is 0 Å². The highest BCUT2D eigenvalue weighted by Crippen LogP contribution is 2.26. The minimum Gasteiger partial charge on any atom is -0.479 e. The molecule has 1 heterocycles. The first kappa shape index (κ1) is 69.2. The number of rotatable bonds is 50. The fraction of sp³-hybridized carbons (Fsp3) is 0.746. The van der Waals surface area contributed by atoms with E-state index in [1.165, 1.54) is 57.8 Å². The standard InChI is InChI=1S/C63H106O12/c1-4-7-10-13-16-19-21-23-25-27-28-30-31-33-35-38-40-43-46-49-55(64)71-52-54(73-56(65)50-47-44-41-37-18-15-12-9-6-3)53-72-63-61(59(68)58(67)60(75-63)62(69)70)74-57(66)51-48-45-42-39-36-34-32-29-26-24-22-20-17-14-11-8-5-2/h8,11,16-17,19-20,23-26,28,30,54,58-61,63,67-68H,4-7,9-10,12-15,18,21-22,27,29,31-53H2,1-3H3,(H,69,70)/b11-8-,19-16-,20-17-,25-23-,26-24-,30-28-. The number of aliphatic hydroxyl groups is 2. The summed E-state index contributed by atoms with van der Waals surface area (Å²) in [6.45, 7) is 5.82. The molecule has 12 heteroatoms. The van der Waals surface area contributed by atoms with Crippen molar-refractivity contribution in [2.75, 3.05) is 13.2 Å². The SMILES string of the molecule is CC/C=C\C/C=C\C/C=C\CCCCCCCCCC(=O)OC1C(OCC(COC(=O)CCCCCCCC/C=C\C/C=C\C/C=C\CCCCC)OC(=O)CCCCCCCCCCC)OC(C(=O)O)C(O)C1O. The van der Waals surface area contributed by atoms with Crippen LogP contribution < -0.4 is 0 Å². The second kappa shape index (κ2) is 50.9. The van der Waals surface area contributed by atoms with E-state index in [9.17, 15) is 34.5 Å². The van der Waals surface area contributed by atoms with Crippen molar-refractivity contribution in [3.8, 4) is 0 Å². The first-order valence-electron chi connectivity index (χ1n) is 29.9. The maximum atomic E-state index is 13.1. The molecule has 1 aliphatic heterocycles. The van der Waals surface area contributed by atoms with Crippen LogP contribution in [-0.4, -0.2) is 89.2 Å². The lowest BCUT2D eigenvalue weighted by Crippen LogP contribution is -2.61. The zero-order chi connectivity index (χ0) is 54.7. The summed E-state index contributed by atoms with van der Waals surface area (Å²) in [6, 6.07) is 0.